The summed E-state index contributed by atoms with van der Waals surface area (Å²) in [4.78, 5) is 28.7. The van der Waals surface area contributed by atoms with E-state index >= 15 is 0 Å². The zero-order valence-corrected chi connectivity index (χ0v) is 14.5. The molecular weight excluding hydrogens is 330 g/mol. The zero-order chi connectivity index (χ0) is 17.4. The number of halogens is 1. The number of H-pyrrole nitrogens is 1. The first-order chi connectivity index (χ1) is 11.5. The maximum Gasteiger partial charge on any atom is 0.276 e. The molecule has 3 atom stereocenters. The molecule has 2 aliphatic heterocycles. The van der Waals surface area contributed by atoms with E-state index in [4.69, 9.17) is 16.9 Å². The number of aryl methyl sites for hydroxylation is 1. The number of amides is 2. The molecule has 2 bridgehead atoms. The van der Waals surface area contributed by atoms with Gasteiger partial charge in [0.05, 0.1) is 28.9 Å². The smallest absolute Gasteiger partial charge is 0.276 e. The number of nitriles is 1. The molecule has 3 rings (SSSR count). The monoisotopic (exact) mass is 349 g/mol. The molecule has 7 nitrogen and oxygen atoms in total. The van der Waals surface area contributed by atoms with E-state index in [1.807, 2.05) is 17.9 Å². The van der Waals surface area contributed by atoms with E-state index in [1.165, 1.54) is 0 Å². The van der Waals surface area contributed by atoms with Crippen LogP contribution in [0, 0.1) is 17.2 Å². The Hall–Kier alpha value is -2.07. The van der Waals surface area contributed by atoms with Gasteiger partial charge in [0.15, 0.2) is 5.69 Å². The van der Waals surface area contributed by atoms with Crippen LogP contribution in [-0.2, 0) is 11.2 Å². The Morgan fingerprint density at radius 1 is 1.42 bits per heavy atom. The van der Waals surface area contributed by atoms with E-state index in [0.29, 0.717) is 24.5 Å². The molecule has 1 N–H and O–H groups in total. The van der Waals surface area contributed by atoms with Gasteiger partial charge in [-0.15, -0.1) is 0 Å². The van der Waals surface area contributed by atoms with Gasteiger partial charge in [-0.05, 0) is 26.2 Å². The summed E-state index contributed by atoms with van der Waals surface area (Å²) in [5.74, 6) is -0.990. The fourth-order valence-corrected chi connectivity index (χ4v) is 3.91. The maximum absolute atomic E-state index is 12.9. The molecule has 3 heterocycles. The van der Waals surface area contributed by atoms with Crippen LogP contribution >= 0.6 is 11.6 Å². The Labute approximate surface area is 145 Å². The molecule has 8 heteroatoms. The number of carbonyl (C=O) groups is 2. The van der Waals surface area contributed by atoms with Gasteiger partial charge < -0.3 is 9.80 Å². The van der Waals surface area contributed by atoms with Crippen LogP contribution in [0.1, 0.15) is 42.9 Å². The second-order valence-corrected chi connectivity index (χ2v) is 6.79. The van der Waals surface area contributed by atoms with Crippen molar-refractivity contribution in [3.8, 4) is 6.07 Å². The van der Waals surface area contributed by atoms with Crippen molar-refractivity contribution >= 4 is 23.4 Å². The number of nitrogens with zero attached hydrogens (tertiary/aromatic N) is 4. The predicted octanol–water partition coefficient (Wildman–Crippen LogP) is 1.60. The fraction of sp³-hybridized carbons (Fsp3) is 0.625. The number of fused-ring (bicyclic) bond motifs is 2. The van der Waals surface area contributed by atoms with Crippen molar-refractivity contribution in [3.05, 3.63) is 16.4 Å². The molecule has 1 aromatic heterocycles. The highest BCUT2D eigenvalue weighted by molar-refractivity contribution is 6.34. The summed E-state index contributed by atoms with van der Waals surface area (Å²) < 4.78 is 0. The number of aromatic nitrogens is 2. The van der Waals surface area contributed by atoms with Crippen molar-refractivity contribution in [2.45, 2.75) is 45.2 Å². The summed E-state index contributed by atoms with van der Waals surface area (Å²) in [7, 11) is 0. The Bertz CT molecular complexity index is 696. The maximum atomic E-state index is 12.9. The molecule has 2 fully saturated rings. The number of likely N-dealkylation sites (tertiary alicyclic amines) is 1. The van der Waals surface area contributed by atoms with Gasteiger partial charge in [-0.25, -0.2) is 0 Å². The number of rotatable bonds is 3. The topological polar surface area (TPSA) is 93.1 Å². The summed E-state index contributed by atoms with van der Waals surface area (Å²) >= 11 is 6.25. The fourth-order valence-electron chi connectivity index (χ4n) is 3.61. The first kappa shape index (κ1) is 16.8. The molecule has 2 amide bonds. The van der Waals surface area contributed by atoms with Crippen molar-refractivity contribution in [2.24, 2.45) is 5.92 Å². The van der Waals surface area contributed by atoms with Crippen LogP contribution in [-0.4, -0.2) is 57.0 Å². The lowest BCUT2D eigenvalue weighted by molar-refractivity contribution is -0.136. The second kappa shape index (κ2) is 6.44. The molecular formula is C16H20ClN5O2. The minimum atomic E-state index is -0.653. The third-order valence-electron chi connectivity index (χ3n) is 4.92. The van der Waals surface area contributed by atoms with Gasteiger partial charge in [0.1, 0.15) is 5.92 Å². The third kappa shape index (κ3) is 2.65. The van der Waals surface area contributed by atoms with Gasteiger partial charge in [-0.3, -0.25) is 14.7 Å². The lowest BCUT2D eigenvalue weighted by Crippen LogP contribution is -2.57. The molecule has 0 saturated carbocycles. The molecule has 0 aromatic carbocycles. The minimum absolute atomic E-state index is 0.0380. The molecule has 0 spiro atoms. The average molecular weight is 350 g/mol. The highest BCUT2D eigenvalue weighted by atomic mass is 35.5. The third-order valence-corrected chi connectivity index (χ3v) is 5.33. The largest absolute Gasteiger partial charge is 0.337 e. The number of carbonyl (C=O) groups excluding carboxylic acids is 2. The van der Waals surface area contributed by atoms with Crippen molar-refractivity contribution in [2.75, 3.05) is 13.1 Å². The van der Waals surface area contributed by atoms with E-state index in [-0.39, 0.29) is 29.6 Å². The Morgan fingerprint density at radius 2 is 2.04 bits per heavy atom. The number of aromatic amines is 1. The Kier molecular flexibility index (Phi) is 4.50. The zero-order valence-electron chi connectivity index (χ0n) is 13.8. The van der Waals surface area contributed by atoms with Crippen molar-refractivity contribution in [1.82, 2.24) is 20.0 Å². The SMILES string of the molecule is CCc1[nH]nc(C(=O)N2C3CCC2CN(C(=O)C(C)C#N)C3)c1Cl. The summed E-state index contributed by atoms with van der Waals surface area (Å²) in [6.45, 7) is 4.49. The molecule has 0 aliphatic carbocycles. The quantitative estimate of drug-likeness (QED) is 0.896. The van der Waals surface area contributed by atoms with Gasteiger partial charge in [-0.1, -0.05) is 18.5 Å². The van der Waals surface area contributed by atoms with E-state index in [9.17, 15) is 9.59 Å². The number of nitrogens with one attached hydrogen (secondary N) is 1. The lowest BCUT2D eigenvalue weighted by atomic mass is 10.1. The van der Waals surface area contributed by atoms with Crippen molar-refractivity contribution in [3.63, 3.8) is 0 Å². The normalized spacial score (nSPS) is 23.9. The van der Waals surface area contributed by atoms with E-state index in [0.717, 1.165) is 18.5 Å². The summed E-state index contributed by atoms with van der Waals surface area (Å²) in [6.07, 6.45) is 2.38. The van der Waals surface area contributed by atoms with Crippen LogP contribution in [0.25, 0.3) is 0 Å². The molecule has 1 aromatic rings. The van der Waals surface area contributed by atoms with Crippen LogP contribution in [0.4, 0.5) is 0 Å². The van der Waals surface area contributed by atoms with Crippen molar-refractivity contribution < 1.29 is 9.59 Å². The van der Waals surface area contributed by atoms with Gasteiger partial charge >= 0.3 is 0 Å². The van der Waals surface area contributed by atoms with Gasteiger partial charge in [0, 0.05) is 13.1 Å². The van der Waals surface area contributed by atoms with Gasteiger partial charge in [-0.2, -0.15) is 10.4 Å². The number of hydrogen-bond acceptors (Lipinski definition) is 4. The number of piperazine rings is 1. The first-order valence-corrected chi connectivity index (χ1v) is 8.59. The van der Waals surface area contributed by atoms with Crippen LogP contribution < -0.4 is 0 Å². The van der Waals surface area contributed by atoms with E-state index in [2.05, 4.69) is 10.2 Å². The standard InChI is InChI=1S/C16H20ClN5O2/c1-3-12-13(17)14(20-19-12)16(24)22-10-4-5-11(22)8-21(7-10)15(23)9(2)6-18/h9-11H,3-5,7-8H2,1-2H3,(H,19,20). The average Bonchev–Trinajstić information content (AvgIpc) is 3.09. The molecule has 2 saturated heterocycles. The lowest BCUT2D eigenvalue weighted by Gasteiger charge is -2.41. The van der Waals surface area contributed by atoms with Crippen LogP contribution in [0.3, 0.4) is 0 Å². The van der Waals surface area contributed by atoms with Crippen LogP contribution in [0.15, 0.2) is 0 Å². The summed E-state index contributed by atoms with van der Waals surface area (Å²) in [6, 6.07) is 1.91. The molecule has 24 heavy (non-hydrogen) atoms. The van der Waals surface area contributed by atoms with Crippen LogP contribution in [0.2, 0.25) is 5.02 Å². The van der Waals surface area contributed by atoms with Crippen LogP contribution in [0.5, 0.6) is 0 Å². The second-order valence-electron chi connectivity index (χ2n) is 6.41. The molecule has 128 valence electrons. The van der Waals surface area contributed by atoms with Gasteiger partial charge in [0.25, 0.3) is 5.91 Å². The number of hydrogen-bond donors (Lipinski definition) is 1. The summed E-state index contributed by atoms with van der Waals surface area (Å²) in [5.41, 5.74) is 1.01. The van der Waals surface area contributed by atoms with E-state index < -0.39 is 5.92 Å². The summed E-state index contributed by atoms with van der Waals surface area (Å²) in [5, 5.41) is 16.2. The minimum Gasteiger partial charge on any atom is -0.337 e. The van der Waals surface area contributed by atoms with Crippen molar-refractivity contribution in [1.29, 1.82) is 5.26 Å². The first-order valence-electron chi connectivity index (χ1n) is 8.21. The molecule has 3 unspecified atom stereocenters. The highest BCUT2D eigenvalue weighted by Gasteiger charge is 2.45. The Balaban J connectivity index is 1.78. The predicted molar refractivity (Wildman–Crippen MR) is 87.3 cm³/mol. The van der Waals surface area contributed by atoms with Gasteiger partial charge in [0.2, 0.25) is 5.91 Å². The molecule has 2 aliphatic rings. The molecule has 0 radical (unpaired) electrons. The highest BCUT2D eigenvalue weighted by Crippen LogP contribution is 2.33. The Morgan fingerprint density at radius 3 is 2.54 bits per heavy atom. The van der Waals surface area contributed by atoms with E-state index in [1.54, 1.807) is 11.8 Å².